The Kier molecular flexibility index (Phi) is 12.4. The molecule has 0 heterocycles. The van der Waals surface area contributed by atoms with Gasteiger partial charge in [0.15, 0.2) is 12.6 Å². The molecule has 0 atom stereocenters. The molecule has 0 unspecified atom stereocenters. The number of aryl methyl sites for hydroxylation is 1. The number of benzene rings is 2. The molecule has 7 nitrogen and oxygen atoms in total. The summed E-state index contributed by atoms with van der Waals surface area (Å²) in [6.07, 6.45) is 0. The van der Waals surface area contributed by atoms with Crippen LogP contribution in [0.1, 0.15) is 25.0 Å². The Morgan fingerprint density at radius 3 is 2.58 bits per heavy atom. The van der Waals surface area contributed by atoms with Gasteiger partial charge in [-0.3, -0.25) is 4.79 Å². The van der Waals surface area contributed by atoms with Crippen LogP contribution >= 0.6 is 24.0 Å². The number of guanidine groups is 1. The Hall–Kier alpha value is -2.49. The van der Waals surface area contributed by atoms with Gasteiger partial charge in [0.1, 0.15) is 5.75 Å². The number of halogens is 1. The van der Waals surface area contributed by atoms with Crippen molar-refractivity contribution in [2.24, 2.45) is 10.7 Å². The van der Waals surface area contributed by atoms with Crippen LogP contribution in [0.5, 0.6) is 5.75 Å². The van der Waals surface area contributed by atoms with Crippen molar-refractivity contribution in [2.45, 2.75) is 27.3 Å². The lowest BCUT2D eigenvalue weighted by atomic mass is 10.2. The summed E-state index contributed by atoms with van der Waals surface area (Å²) in [5, 5.41) is 6.68. The number of hydrogen-bond acceptors (Lipinski definition) is 4. The number of primary amides is 1. The van der Waals surface area contributed by atoms with Gasteiger partial charge in [-0.25, -0.2) is 4.99 Å². The van der Waals surface area contributed by atoms with E-state index in [2.05, 4.69) is 58.6 Å². The van der Waals surface area contributed by atoms with Gasteiger partial charge in [-0.2, -0.15) is 0 Å². The highest BCUT2D eigenvalue weighted by atomic mass is 127. The van der Waals surface area contributed by atoms with Crippen LogP contribution in [-0.4, -0.2) is 44.7 Å². The summed E-state index contributed by atoms with van der Waals surface area (Å²) in [5.41, 5.74) is 8.61. The summed E-state index contributed by atoms with van der Waals surface area (Å²) in [6.45, 7) is 10.1. The van der Waals surface area contributed by atoms with Crippen molar-refractivity contribution in [3.05, 3.63) is 59.7 Å². The molecule has 2 rings (SSSR count). The van der Waals surface area contributed by atoms with E-state index in [4.69, 9.17) is 10.5 Å². The molecule has 0 bridgehead atoms. The molecule has 0 aliphatic carbocycles. The van der Waals surface area contributed by atoms with E-state index in [1.807, 2.05) is 25.1 Å². The van der Waals surface area contributed by atoms with Gasteiger partial charge in [-0.1, -0.05) is 24.3 Å². The molecule has 2 aromatic rings. The van der Waals surface area contributed by atoms with Crippen LogP contribution in [0.3, 0.4) is 0 Å². The fraction of sp³-hybridized carbons (Fsp3) is 0.391. The summed E-state index contributed by atoms with van der Waals surface area (Å²) < 4.78 is 5.36. The number of nitrogens with two attached hydrogens (primary N) is 1. The zero-order valence-electron chi connectivity index (χ0n) is 18.6. The van der Waals surface area contributed by atoms with Crippen LogP contribution < -0.4 is 26.0 Å². The van der Waals surface area contributed by atoms with Gasteiger partial charge >= 0.3 is 0 Å². The second kappa shape index (κ2) is 14.5. The lowest BCUT2D eigenvalue weighted by Gasteiger charge is -2.24. The lowest BCUT2D eigenvalue weighted by molar-refractivity contribution is -0.119. The van der Waals surface area contributed by atoms with E-state index >= 15 is 0 Å². The monoisotopic (exact) mass is 539 g/mol. The Morgan fingerprint density at radius 1 is 1.13 bits per heavy atom. The zero-order valence-corrected chi connectivity index (χ0v) is 20.9. The summed E-state index contributed by atoms with van der Waals surface area (Å²) in [7, 11) is 0. The summed E-state index contributed by atoms with van der Waals surface area (Å²) >= 11 is 0. The van der Waals surface area contributed by atoms with Crippen LogP contribution in [0.25, 0.3) is 0 Å². The standard InChI is InChI=1S/C23H33N5O2.HI/c1-4-25-23(26-12-13-28(5-2)20-10-6-8-18(3)14-20)27-16-19-9-7-11-21(15-19)30-17-22(24)29;/h6-11,14-15H,4-5,12-13,16-17H2,1-3H3,(H2,24,29)(H2,25,26,27);1H. The number of hydrogen-bond donors (Lipinski definition) is 3. The Balaban J connectivity index is 0.00000480. The van der Waals surface area contributed by atoms with Gasteiger partial charge in [0.05, 0.1) is 6.54 Å². The van der Waals surface area contributed by atoms with Gasteiger partial charge in [0, 0.05) is 31.9 Å². The molecule has 0 radical (unpaired) electrons. The molecular formula is C23H34IN5O2. The van der Waals surface area contributed by atoms with E-state index in [1.54, 1.807) is 6.07 Å². The SMILES string of the molecule is CCNC(=NCc1cccc(OCC(N)=O)c1)NCCN(CC)c1cccc(C)c1.I. The van der Waals surface area contributed by atoms with Crippen molar-refractivity contribution in [1.29, 1.82) is 0 Å². The first kappa shape index (κ1) is 26.5. The third-order valence-electron chi connectivity index (χ3n) is 4.47. The molecule has 0 aliphatic rings. The highest BCUT2D eigenvalue weighted by Gasteiger charge is 2.05. The van der Waals surface area contributed by atoms with Gasteiger partial charge in [-0.05, 0) is 56.2 Å². The van der Waals surface area contributed by atoms with E-state index < -0.39 is 5.91 Å². The summed E-state index contributed by atoms with van der Waals surface area (Å²) in [4.78, 5) is 17.9. The molecule has 170 valence electrons. The second-order valence-electron chi connectivity index (χ2n) is 6.94. The maximum absolute atomic E-state index is 10.9. The van der Waals surface area contributed by atoms with Gasteiger partial charge in [-0.15, -0.1) is 24.0 Å². The normalized spacial score (nSPS) is 10.7. The molecule has 4 N–H and O–H groups in total. The number of anilines is 1. The number of likely N-dealkylation sites (N-methyl/N-ethyl adjacent to an activating group) is 1. The van der Waals surface area contributed by atoms with Crippen LogP contribution in [0.4, 0.5) is 5.69 Å². The minimum Gasteiger partial charge on any atom is -0.484 e. The minimum atomic E-state index is -0.496. The number of rotatable bonds is 11. The highest BCUT2D eigenvalue weighted by Crippen LogP contribution is 2.15. The fourth-order valence-corrected chi connectivity index (χ4v) is 3.00. The number of carbonyl (C=O) groups is 1. The van der Waals surface area contributed by atoms with Crippen LogP contribution in [0.15, 0.2) is 53.5 Å². The van der Waals surface area contributed by atoms with Gasteiger partial charge < -0.3 is 26.0 Å². The van der Waals surface area contributed by atoms with Crippen molar-refractivity contribution in [3.8, 4) is 5.75 Å². The van der Waals surface area contributed by atoms with Crippen molar-refractivity contribution in [1.82, 2.24) is 10.6 Å². The summed E-state index contributed by atoms with van der Waals surface area (Å²) in [5.74, 6) is 0.876. The maximum atomic E-state index is 10.9. The largest absolute Gasteiger partial charge is 0.484 e. The molecule has 8 heteroatoms. The quantitative estimate of drug-likeness (QED) is 0.232. The van der Waals surface area contributed by atoms with Crippen LogP contribution in [0.2, 0.25) is 0 Å². The molecular weight excluding hydrogens is 505 g/mol. The number of carbonyl (C=O) groups excluding carboxylic acids is 1. The van der Waals surface area contributed by atoms with Crippen LogP contribution in [-0.2, 0) is 11.3 Å². The molecule has 1 amide bonds. The van der Waals surface area contributed by atoms with Crippen molar-refractivity contribution < 1.29 is 9.53 Å². The first-order chi connectivity index (χ1) is 14.5. The molecule has 31 heavy (non-hydrogen) atoms. The topological polar surface area (TPSA) is 92.0 Å². The van der Waals surface area contributed by atoms with Crippen molar-refractivity contribution in [2.75, 3.05) is 37.7 Å². The maximum Gasteiger partial charge on any atom is 0.255 e. The Labute approximate surface area is 202 Å². The molecule has 0 spiro atoms. The first-order valence-electron chi connectivity index (χ1n) is 10.4. The summed E-state index contributed by atoms with van der Waals surface area (Å²) in [6, 6.07) is 16.1. The van der Waals surface area contributed by atoms with E-state index in [0.717, 1.165) is 37.7 Å². The molecule has 0 saturated carbocycles. The molecule has 0 aromatic heterocycles. The van der Waals surface area contributed by atoms with Gasteiger partial charge in [0.25, 0.3) is 5.91 Å². The third-order valence-corrected chi connectivity index (χ3v) is 4.47. The average molecular weight is 539 g/mol. The third kappa shape index (κ3) is 9.91. The average Bonchev–Trinajstić information content (AvgIpc) is 2.74. The molecule has 0 fully saturated rings. The number of ether oxygens (including phenoxy) is 1. The first-order valence-corrected chi connectivity index (χ1v) is 10.4. The van der Waals surface area contributed by atoms with Crippen molar-refractivity contribution >= 4 is 41.5 Å². The number of aliphatic imine (C=N–C) groups is 1. The van der Waals surface area contributed by atoms with E-state index in [-0.39, 0.29) is 30.6 Å². The molecule has 0 saturated heterocycles. The van der Waals surface area contributed by atoms with E-state index in [9.17, 15) is 4.79 Å². The smallest absolute Gasteiger partial charge is 0.255 e. The minimum absolute atomic E-state index is 0. The molecule has 0 aliphatic heterocycles. The van der Waals surface area contributed by atoms with Gasteiger partial charge in [0.2, 0.25) is 0 Å². The zero-order chi connectivity index (χ0) is 21.8. The fourth-order valence-electron chi connectivity index (χ4n) is 3.00. The lowest BCUT2D eigenvalue weighted by Crippen LogP contribution is -2.41. The van der Waals surface area contributed by atoms with Crippen molar-refractivity contribution in [3.63, 3.8) is 0 Å². The number of nitrogens with zero attached hydrogens (tertiary/aromatic N) is 2. The Morgan fingerprint density at radius 2 is 1.90 bits per heavy atom. The predicted molar refractivity (Wildman–Crippen MR) is 138 cm³/mol. The predicted octanol–water partition coefficient (Wildman–Crippen LogP) is 3.06. The van der Waals surface area contributed by atoms with E-state index in [1.165, 1.54) is 11.3 Å². The number of amides is 1. The molecule has 2 aromatic carbocycles. The second-order valence-corrected chi connectivity index (χ2v) is 6.94. The van der Waals surface area contributed by atoms with Crippen LogP contribution in [0, 0.1) is 6.92 Å². The highest BCUT2D eigenvalue weighted by molar-refractivity contribution is 14.0. The number of nitrogens with one attached hydrogen (secondary N) is 2. The van der Waals surface area contributed by atoms with E-state index in [0.29, 0.717) is 12.3 Å². The Bertz CT molecular complexity index is 844.